The molecule has 2 fully saturated rings. The first-order chi connectivity index (χ1) is 15.2. The molecule has 0 aliphatic heterocycles. The maximum Gasteiger partial charge on any atom is 0.319 e. The second kappa shape index (κ2) is 7.56. The summed E-state index contributed by atoms with van der Waals surface area (Å²) in [5.41, 5.74) is 4.54. The Kier molecular flexibility index (Phi) is 4.55. The number of fused-ring (bicyclic) bond motifs is 4. The second-order valence-corrected chi connectivity index (χ2v) is 9.42. The van der Waals surface area contributed by atoms with Gasteiger partial charge in [0.15, 0.2) is 0 Å². The van der Waals surface area contributed by atoms with E-state index in [1.54, 1.807) is 0 Å². The molecule has 3 aromatic rings. The number of hydrogen-bond acceptors (Lipinski definition) is 3. The molecule has 2 saturated carbocycles. The minimum atomic E-state index is -0.0944. The Hall–Kier alpha value is -3.08. The minimum absolute atomic E-state index is 0.0944. The molecule has 5 nitrogen and oxygen atoms in total. The first-order valence-corrected chi connectivity index (χ1v) is 11.5. The van der Waals surface area contributed by atoms with Gasteiger partial charge in [0.1, 0.15) is 5.82 Å². The number of nitrogens with zero attached hydrogens (tertiary/aromatic N) is 1. The molecular weight excluding hydrogens is 384 g/mol. The number of carbonyl (C=O) groups excluding carboxylic acids is 1. The first kappa shape index (κ1) is 18.7. The number of urea groups is 1. The second-order valence-electron chi connectivity index (χ2n) is 9.42. The largest absolute Gasteiger partial charge is 0.363 e. The zero-order chi connectivity index (χ0) is 20.8. The lowest BCUT2D eigenvalue weighted by atomic mass is 9.95. The summed E-state index contributed by atoms with van der Waals surface area (Å²) in [7, 11) is 0. The highest BCUT2D eigenvalue weighted by atomic mass is 16.2. The van der Waals surface area contributed by atoms with Crippen LogP contribution >= 0.6 is 0 Å². The molecular formula is C26H28N4O. The van der Waals surface area contributed by atoms with E-state index < -0.39 is 0 Å². The lowest BCUT2D eigenvalue weighted by molar-refractivity contribution is 0.242. The van der Waals surface area contributed by atoms with Crippen LogP contribution in [-0.2, 0) is 6.42 Å². The molecule has 2 aromatic carbocycles. The predicted octanol–water partition coefficient (Wildman–Crippen LogP) is 5.64. The van der Waals surface area contributed by atoms with Crippen LogP contribution in [0.3, 0.4) is 0 Å². The summed E-state index contributed by atoms with van der Waals surface area (Å²) >= 11 is 0. The number of aromatic nitrogens is 1. The van der Waals surface area contributed by atoms with Gasteiger partial charge in [-0.3, -0.25) is 0 Å². The van der Waals surface area contributed by atoms with Gasteiger partial charge in [0, 0.05) is 17.1 Å². The van der Waals surface area contributed by atoms with E-state index in [0.717, 1.165) is 47.6 Å². The number of benzene rings is 2. The minimum Gasteiger partial charge on any atom is -0.363 e. The highest BCUT2D eigenvalue weighted by Crippen LogP contribution is 2.44. The van der Waals surface area contributed by atoms with Crippen molar-refractivity contribution in [1.29, 1.82) is 0 Å². The van der Waals surface area contributed by atoms with Crippen molar-refractivity contribution in [3.05, 3.63) is 65.7 Å². The van der Waals surface area contributed by atoms with Gasteiger partial charge in [-0.2, -0.15) is 0 Å². The van der Waals surface area contributed by atoms with E-state index in [1.807, 2.05) is 24.3 Å². The van der Waals surface area contributed by atoms with Crippen molar-refractivity contribution in [1.82, 2.24) is 10.3 Å². The van der Waals surface area contributed by atoms with Crippen LogP contribution in [0.4, 0.5) is 16.3 Å². The zero-order valence-corrected chi connectivity index (χ0v) is 17.6. The van der Waals surface area contributed by atoms with Crippen LogP contribution in [0.2, 0.25) is 0 Å². The van der Waals surface area contributed by atoms with Gasteiger partial charge in [-0.25, -0.2) is 9.78 Å². The van der Waals surface area contributed by atoms with Crippen molar-refractivity contribution >= 4 is 28.4 Å². The molecule has 2 bridgehead atoms. The molecule has 4 atom stereocenters. The number of nitrogens with one attached hydrogen (secondary N) is 3. The summed E-state index contributed by atoms with van der Waals surface area (Å²) in [6.45, 7) is 0. The van der Waals surface area contributed by atoms with Crippen LogP contribution in [0.5, 0.6) is 0 Å². The Morgan fingerprint density at radius 2 is 1.90 bits per heavy atom. The average Bonchev–Trinajstić information content (AvgIpc) is 3.50. The number of aryl methyl sites for hydroxylation is 1. The van der Waals surface area contributed by atoms with Gasteiger partial charge in [0.25, 0.3) is 0 Å². The quantitative estimate of drug-likeness (QED) is 0.519. The topological polar surface area (TPSA) is 66.0 Å². The standard InChI is InChI=1S/C26H28N4O/c31-26(30-24-14-16-5-6-18(24)13-16)27-20-9-11-22-19(15-20)8-12-25(28-22)29-23-10-7-17-3-1-2-4-21(17)23/h1-4,8-9,11-12,15-16,18,23-24H,5-7,10,13-14H2,(H,28,29)(H2,27,30,31)/t16?,18?,23-,24?/m1/s1. The van der Waals surface area contributed by atoms with Gasteiger partial charge in [0.2, 0.25) is 0 Å². The van der Waals surface area contributed by atoms with Crippen molar-refractivity contribution in [2.75, 3.05) is 10.6 Å². The molecule has 0 spiro atoms. The van der Waals surface area contributed by atoms with Gasteiger partial charge in [-0.15, -0.1) is 0 Å². The van der Waals surface area contributed by atoms with Crippen molar-refractivity contribution < 1.29 is 4.79 Å². The molecule has 0 saturated heterocycles. The number of rotatable bonds is 4. The fourth-order valence-electron chi connectivity index (χ4n) is 5.93. The monoisotopic (exact) mass is 412 g/mol. The molecule has 5 heteroatoms. The van der Waals surface area contributed by atoms with E-state index in [0.29, 0.717) is 18.0 Å². The molecule has 0 radical (unpaired) electrons. The Balaban J connectivity index is 1.13. The SMILES string of the molecule is O=C(Nc1ccc2nc(N[C@@H]3CCc4ccccc43)ccc2c1)NC1CC2CCC1C2. The molecule has 3 aliphatic carbocycles. The molecule has 158 valence electrons. The summed E-state index contributed by atoms with van der Waals surface area (Å²) in [5, 5.41) is 10.8. The van der Waals surface area contributed by atoms with Gasteiger partial charge in [-0.1, -0.05) is 30.7 Å². The zero-order valence-electron chi connectivity index (χ0n) is 17.6. The van der Waals surface area contributed by atoms with E-state index in [4.69, 9.17) is 4.98 Å². The van der Waals surface area contributed by atoms with Crippen LogP contribution in [0.25, 0.3) is 10.9 Å². The highest BCUT2D eigenvalue weighted by Gasteiger charge is 2.40. The average molecular weight is 413 g/mol. The van der Waals surface area contributed by atoms with Crippen molar-refractivity contribution in [2.24, 2.45) is 11.8 Å². The lowest BCUT2D eigenvalue weighted by Gasteiger charge is -2.23. The Morgan fingerprint density at radius 3 is 2.77 bits per heavy atom. The van der Waals surface area contributed by atoms with E-state index >= 15 is 0 Å². The van der Waals surface area contributed by atoms with Crippen LogP contribution < -0.4 is 16.0 Å². The van der Waals surface area contributed by atoms with Crippen LogP contribution in [-0.4, -0.2) is 17.1 Å². The summed E-state index contributed by atoms with van der Waals surface area (Å²) < 4.78 is 0. The van der Waals surface area contributed by atoms with Crippen LogP contribution in [0.15, 0.2) is 54.6 Å². The molecule has 1 heterocycles. The number of amides is 2. The van der Waals surface area contributed by atoms with E-state index in [9.17, 15) is 4.79 Å². The number of hydrogen-bond donors (Lipinski definition) is 3. The summed E-state index contributed by atoms with van der Waals surface area (Å²) in [6.07, 6.45) is 7.24. The third-order valence-electron chi connectivity index (χ3n) is 7.46. The maximum atomic E-state index is 12.5. The molecule has 6 rings (SSSR count). The van der Waals surface area contributed by atoms with Crippen molar-refractivity contribution in [3.63, 3.8) is 0 Å². The van der Waals surface area contributed by atoms with Crippen LogP contribution in [0.1, 0.15) is 49.3 Å². The van der Waals surface area contributed by atoms with Crippen LogP contribution in [0, 0.1) is 11.8 Å². The van der Waals surface area contributed by atoms with E-state index in [1.165, 1.54) is 30.4 Å². The molecule has 3 N–H and O–H groups in total. The lowest BCUT2D eigenvalue weighted by Crippen LogP contribution is -2.40. The normalized spacial score (nSPS) is 26.1. The number of pyridine rings is 1. The molecule has 1 aromatic heterocycles. The highest BCUT2D eigenvalue weighted by molar-refractivity contribution is 5.93. The third-order valence-corrected chi connectivity index (χ3v) is 7.46. The van der Waals surface area contributed by atoms with Gasteiger partial charge in [0.05, 0.1) is 11.6 Å². The summed E-state index contributed by atoms with van der Waals surface area (Å²) in [5.74, 6) is 2.39. The smallest absolute Gasteiger partial charge is 0.319 e. The van der Waals surface area contributed by atoms with E-state index in [2.05, 4.69) is 46.3 Å². The van der Waals surface area contributed by atoms with Gasteiger partial charge >= 0.3 is 6.03 Å². The number of anilines is 2. The Labute approximate surface area is 182 Å². The maximum absolute atomic E-state index is 12.5. The summed E-state index contributed by atoms with van der Waals surface area (Å²) in [6, 6.07) is 19.2. The molecule has 3 aliphatic rings. The number of carbonyl (C=O) groups is 1. The molecule has 31 heavy (non-hydrogen) atoms. The fourth-order valence-corrected chi connectivity index (χ4v) is 5.93. The van der Waals surface area contributed by atoms with Gasteiger partial charge in [-0.05, 0) is 85.4 Å². The summed E-state index contributed by atoms with van der Waals surface area (Å²) in [4.78, 5) is 17.3. The van der Waals surface area contributed by atoms with E-state index in [-0.39, 0.29) is 6.03 Å². The van der Waals surface area contributed by atoms with Crippen molar-refractivity contribution in [3.8, 4) is 0 Å². The first-order valence-electron chi connectivity index (χ1n) is 11.5. The fraction of sp³-hybridized carbons (Fsp3) is 0.385. The molecule has 3 unspecified atom stereocenters. The Bertz CT molecular complexity index is 1140. The Morgan fingerprint density at radius 1 is 0.968 bits per heavy atom. The van der Waals surface area contributed by atoms with Gasteiger partial charge < -0.3 is 16.0 Å². The third kappa shape index (κ3) is 3.62. The predicted molar refractivity (Wildman–Crippen MR) is 124 cm³/mol. The van der Waals surface area contributed by atoms with Crippen molar-refractivity contribution in [2.45, 2.75) is 50.6 Å². The molecule has 2 amide bonds.